The van der Waals surface area contributed by atoms with Crippen LogP contribution in [-0.2, 0) is 0 Å². The largest absolute Gasteiger partial charge is 0.309 e. The molecule has 11 aromatic rings. The molecule has 0 N–H and O–H groups in total. The smallest absolute Gasteiger partial charge is 0.0979 e. The summed E-state index contributed by atoms with van der Waals surface area (Å²) in [7, 11) is 0. The van der Waals surface area contributed by atoms with E-state index in [0.29, 0.717) is 0 Å². The molecule has 0 saturated heterocycles. The van der Waals surface area contributed by atoms with E-state index < -0.39 is 0 Å². The van der Waals surface area contributed by atoms with Crippen LogP contribution in [0.2, 0.25) is 0 Å². The molecule has 0 spiro atoms. The van der Waals surface area contributed by atoms with E-state index in [2.05, 4.69) is 200 Å². The van der Waals surface area contributed by atoms with E-state index in [1.807, 2.05) is 6.20 Å². The van der Waals surface area contributed by atoms with Crippen molar-refractivity contribution >= 4 is 54.4 Å². The highest BCUT2D eigenvalue weighted by Gasteiger charge is 2.16. The summed E-state index contributed by atoms with van der Waals surface area (Å²) >= 11 is 0. The normalized spacial score (nSPS) is 11.7. The average molecular weight is 728 g/mol. The fourth-order valence-electron chi connectivity index (χ4n) is 8.90. The Bertz CT molecular complexity index is 3320. The molecule has 11 rings (SSSR count). The van der Waals surface area contributed by atoms with Crippen LogP contribution in [0.3, 0.4) is 0 Å². The van der Waals surface area contributed by atoms with Crippen molar-refractivity contribution < 1.29 is 0 Å². The molecule has 0 aliphatic heterocycles. The quantitative estimate of drug-likeness (QED) is 0.165. The predicted octanol–water partition coefficient (Wildman–Crippen LogP) is 14.3. The van der Waals surface area contributed by atoms with Crippen LogP contribution < -0.4 is 0 Å². The molecule has 0 bridgehead atoms. The number of nitrogens with zero attached hydrogens (tertiary/aromatic N) is 3. The molecular weight excluding hydrogens is 691 g/mol. The van der Waals surface area contributed by atoms with Crippen molar-refractivity contribution in [1.82, 2.24) is 14.5 Å². The van der Waals surface area contributed by atoms with Gasteiger partial charge in [0.25, 0.3) is 0 Å². The molecule has 0 amide bonds. The van der Waals surface area contributed by atoms with Gasteiger partial charge in [-0.2, -0.15) is 0 Å². The van der Waals surface area contributed by atoms with Gasteiger partial charge in [0.15, 0.2) is 0 Å². The van der Waals surface area contributed by atoms with Crippen molar-refractivity contribution in [2.45, 2.75) is 13.8 Å². The zero-order valence-electron chi connectivity index (χ0n) is 31.7. The van der Waals surface area contributed by atoms with Gasteiger partial charge in [0.1, 0.15) is 0 Å². The third kappa shape index (κ3) is 5.43. The summed E-state index contributed by atoms with van der Waals surface area (Å²) in [4.78, 5) is 10.2. The Morgan fingerprint density at radius 1 is 0.368 bits per heavy atom. The zero-order valence-corrected chi connectivity index (χ0v) is 31.7. The van der Waals surface area contributed by atoms with Crippen LogP contribution >= 0.6 is 0 Å². The monoisotopic (exact) mass is 727 g/mol. The molecule has 2 aromatic heterocycles. The lowest BCUT2D eigenvalue weighted by Crippen LogP contribution is -1.93. The first-order valence-corrected chi connectivity index (χ1v) is 19.6. The second kappa shape index (κ2) is 13.1. The van der Waals surface area contributed by atoms with E-state index in [-0.39, 0.29) is 0 Å². The number of benzene rings is 9. The van der Waals surface area contributed by atoms with Crippen LogP contribution in [0.1, 0.15) is 11.1 Å². The minimum atomic E-state index is 0.871. The van der Waals surface area contributed by atoms with Crippen LogP contribution in [0.25, 0.3) is 105 Å². The second-order valence-electron chi connectivity index (χ2n) is 15.1. The van der Waals surface area contributed by atoms with E-state index in [4.69, 9.17) is 9.97 Å². The number of aromatic nitrogens is 3. The minimum absolute atomic E-state index is 0.871. The molecule has 0 radical (unpaired) electrons. The molecule has 9 aromatic carbocycles. The van der Waals surface area contributed by atoms with Crippen LogP contribution in [0.5, 0.6) is 0 Å². The van der Waals surface area contributed by atoms with Gasteiger partial charge in [0, 0.05) is 32.8 Å². The summed E-state index contributed by atoms with van der Waals surface area (Å²) in [5.41, 5.74) is 17.2. The van der Waals surface area contributed by atoms with Crippen LogP contribution in [0.4, 0.5) is 0 Å². The number of aryl methyl sites for hydroxylation is 2. The van der Waals surface area contributed by atoms with Crippen LogP contribution in [-0.4, -0.2) is 14.5 Å². The van der Waals surface area contributed by atoms with Gasteiger partial charge >= 0.3 is 0 Å². The average Bonchev–Trinajstić information content (AvgIpc) is 3.61. The molecule has 0 saturated carbocycles. The van der Waals surface area contributed by atoms with Crippen molar-refractivity contribution in [1.29, 1.82) is 0 Å². The topological polar surface area (TPSA) is 30.7 Å². The van der Waals surface area contributed by atoms with Gasteiger partial charge < -0.3 is 4.57 Å². The van der Waals surface area contributed by atoms with Crippen molar-refractivity contribution in [3.8, 4) is 50.3 Å². The minimum Gasteiger partial charge on any atom is -0.309 e. The Labute approximate surface area is 331 Å². The molecule has 57 heavy (non-hydrogen) atoms. The molecule has 268 valence electrons. The lowest BCUT2D eigenvalue weighted by molar-refractivity contribution is 1.18. The van der Waals surface area contributed by atoms with Crippen molar-refractivity contribution in [3.63, 3.8) is 0 Å². The second-order valence-corrected chi connectivity index (χ2v) is 15.1. The number of hydrogen-bond acceptors (Lipinski definition) is 2. The Balaban J connectivity index is 0.921. The lowest BCUT2D eigenvalue weighted by Gasteiger charge is -2.15. The maximum atomic E-state index is 5.20. The molecule has 0 fully saturated rings. The van der Waals surface area contributed by atoms with E-state index in [0.717, 1.165) is 33.1 Å². The van der Waals surface area contributed by atoms with Gasteiger partial charge in [-0.15, -0.1) is 0 Å². The standard InChI is InChI=1S/C54H37N3/c1-34-30-48(40-27-28-52-49(32-40)44-19-10-11-22-51(44)57(52)41-15-4-3-5-16-41)35(2)29-47(34)39-14-12-13-38(31-39)36-23-25-37(26-24-36)50-33-55-53-45-20-8-6-17-42(45)43-18-7-9-21-46(43)54(53)56-50/h3-33H,1-2H3. The summed E-state index contributed by atoms with van der Waals surface area (Å²) in [6.45, 7) is 4.47. The fraction of sp³-hybridized carbons (Fsp3) is 0.0370. The Morgan fingerprint density at radius 2 is 0.912 bits per heavy atom. The number of hydrogen-bond donors (Lipinski definition) is 0. The summed E-state index contributed by atoms with van der Waals surface area (Å²) in [5, 5.41) is 7.19. The summed E-state index contributed by atoms with van der Waals surface area (Å²) in [5.74, 6) is 0. The number of para-hydroxylation sites is 2. The van der Waals surface area contributed by atoms with Gasteiger partial charge in [0.05, 0.1) is 34.0 Å². The van der Waals surface area contributed by atoms with E-state index in [1.54, 1.807) is 0 Å². The van der Waals surface area contributed by atoms with Crippen LogP contribution in [0.15, 0.2) is 188 Å². The van der Waals surface area contributed by atoms with Gasteiger partial charge in [-0.05, 0) is 106 Å². The van der Waals surface area contributed by atoms with Gasteiger partial charge in [-0.25, -0.2) is 4.98 Å². The molecule has 3 heteroatoms. The Morgan fingerprint density at radius 3 is 1.63 bits per heavy atom. The van der Waals surface area contributed by atoms with Gasteiger partial charge in [-0.1, -0.05) is 146 Å². The Kier molecular flexibility index (Phi) is 7.61. The highest BCUT2D eigenvalue weighted by atomic mass is 15.0. The maximum Gasteiger partial charge on any atom is 0.0979 e. The summed E-state index contributed by atoms with van der Waals surface area (Å²) in [6, 6.07) is 65.6. The molecule has 3 nitrogen and oxygen atoms in total. The molecule has 0 atom stereocenters. The summed E-state index contributed by atoms with van der Waals surface area (Å²) in [6.07, 6.45) is 1.91. The molecule has 2 heterocycles. The molecule has 0 aliphatic carbocycles. The SMILES string of the molecule is Cc1cc(-c2ccc3c(c2)c2ccccc2n3-c2ccccc2)c(C)cc1-c1cccc(-c2ccc(-c3cnc4c5ccccc5c5ccccc5c4n3)cc2)c1. The van der Waals surface area contributed by atoms with E-state index in [9.17, 15) is 0 Å². The predicted molar refractivity (Wildman–Crippen MR) is 240 cm³/mol. The first kappa shape index (κ1) is 33.0. The van der Waals surface area contributed by atoms with Crippen LogP contribution in [0, 0.1) is 13.8 Å². The van der Waals surface area contributed by atoms with Crippen molar-refractivity contribution in [2.75, 3.05) is 0 Å². The highest BCUT2D eigenvalue weighted by Crippen LogP contribution is 2.39. The van der Waals surface area contributed by atoms with E-state index >= 15 is 0 Å². The third-order valence-corrected chi connectivity index (χ3v) is 11.7. The van der Waals surface area contributed by atoms with Gasteiger partial charge in [0.2, 0.25) is 0 Å². The molecule has 0 aliphatic rings. The first-order chi connectivity index (χ1) is 28.1. The van der Waals surface area contributed by atoms with E-state index in [1.165, 1.54) is 82.8 Å². The summed E-state index contributed by atoms with van der Waals surface area (Å²) < 4.78 is 2.37. The zero-order chi connectivity index (χ0) is 38.0. The van der Waals surface area contributed by atoms with Crippen molar-refractivity contribution in [3.05, 3.63) is 199 Å². The first-order valence-electron chi connectivity index (χ1n) is 19.6. The van der Waals surface area contributed by atoms with Gasteiger partial charge in [-0.3, -0.25) is 4.98 Å². The highest BCUT2D eigenvalue weighted by molar-refractivity contribution is 6.23. The van der Waals surface area contributed by atoms with Crippen molar-refractivity contribution in [2.24, 2.45) is 0 Å². The molecular formula is C54H37N3. The third-order valence-electron chi connectivity index (χ3n) is 11.7. The maximum absolute atomic E-state index is 5.20. The lowest BCUT2D eigenvalue weighted by atomic mass is 9.90. The fourth-order valence-corrected chi connectivity index (χ4v) is 8.90. The Hall–Kier alpha value is -7.36. The molecule has 0 unspecified atom stereocenters. The number of fused-ring (bicyclic) bond motifs is 9. The number of rotatable bonds is 5.